The Morgan fingerprint density at radius 1 is 1.22 bits per heavy atom. The van der Waals surface area contributed by atoms with Gasteiger partial charge in [-0.3, -0.25) is 4.79 Å². The zero-order chi connectivity index (χ0) is 22.9. The number of nitrogens with zero attached hydrogens (tertiary/aromatic N) is 3. The summed E-state index contributed by atoms with van der Waals surface area (Å²) in [5.41, 5.74) is 3.38. The molecule has 4 rings (SSSR count). The van der Waals surface area contributed by atoms with Crippen LogP contribution in [0.25, 0.3) is 16.9 Å². The topological polar surface area (TPSA) is 72.3 Å². The summed E-state index contributed by atoms with van der Waals surface area (Å²) < 4.78 is 39.1. The van der Waals surface area contributed by atoms with Crippen LogP contribution in [0.5, 0.6) is 0 Å². The number of carbonyl (C=O) groups excluding carboxylic acids is 1. The summed E-state index contributed by atoms with van der Waals surface area (Å²) in [6.07, 6.45) is 2.81. The van der Waals surface area contributed by atoms with Crippen molar-refractivity contribution in [3.05, 3.63) is 71.7 Å². The van der Waals surface area contributed by atoms with Gasteiger partial charge in [0.2, 0.25) is 0 Å². The lowest BCUT2D eigenvalue weighted by Gasteiger charge is -2.27. The van der Waals surface area contributed by atoms with Gasteiger partial charge in [0.15, 0.2) is 9.84 Å². The van der Waals surface area contributed by atoms with Gasteiger partial charge in [-0.25, -0.2) is 17.5 Å². The monoisotopic (exact) mass is 455 g/mol. The van der Waals surface area contributed by atoms with Crippen LogP contribution in [-0.4, -0.2) is 53.1 Å². The summed E-state index contributed by atoms with van der Waals surface area (Å²) in [5.74, 6) is -0.499. The number of aryl methyl sites for hydroxylation is 1. The standard InChI is InChI=1S/C24H26FN3O3S/c1-3-12-27(21-11-13-32(30,31)16-21)24(29)22-15-28(20-9-7-19(25)8-10-20)26-23(22)18-6-4-5-17(2)14-18/h4-10,14-15,21H,3,11-13,16H2,1-2H3. The Labute approximate surface area is 187 Å². The van der Waals surface area contributed by atoms with Gasteiger partial charge in [0.05, 0.1) is 22.8 Å². The summed E-state index contributed by atoms with van der Waals surface area (Å²) in [6.45, 7) is 4.40. The van der Waals surface area contributed by atoms with E-state index in [0.717, 1.165) is 11.1 Å². The Morgan fingerprint density at radius 2 is 1.97 bits per heavy atom. The molecule has 0 aliphatic carbocycles. The van der Waals surface area contributed by atoms with Crippen LogP contribution in [0.2, 0.25) is 0 Å². The minimum absolute atomic E-state index is 0.00931. The van der Waals surface area contributed by atoms with E-state index in [1.54, 1.807) is 27.9 Å². The first-order valence-electron chi connectivity index (χ1n) is 10.7. The minimum atomic E-state index is -3.13. The van der Waals surface area contributed by atoms with Gasteiger partial charge in [-0.1, -0.05) is 30.7 Å². The molecule has 2 aromatic carbocycles. The predicted molar refractivity (Wildman–Crippen MR) is 122 cm³/mol. The van der Waals surface area contributed by atoms with E-state index in [2.05, 4.69) is 5.10 Å². The molecule has 3 aromatic rings. The third-order valence-corrected chi connectivity index (χ3v) is 7.45. The molecule has 1 aliphatic heterocycles. The molecule has 0 spiro atoms. The lowest BCUT2D eigenvalue weighted by atomic mass is 10.0. The lowest BCUT2D eigenvalue weighted by Crippen LogP contribution is -2.41. The predicted octanol–water partition coefficient (Wildman–Crippen LogP) is 4.03. The van der Waals surface area contributed by atoms with Crippen molar-refractivity contribution in [3.8, 4) is 16.9 Å². The molecule has 168 valence electrons. The molecule has 1 unspecified atom stereocenters. The van der Waals surface area contributed by atoms with Crippen molar-refractivity contribution in [2.45, 2.75) is 32.7 Å². The van der Waals surface area contributed by atoms with Gasteiger partial charge in [0, 0.05) is 24.3 Å². The van der Waals surface area contributed by atoms with Crippen LogP contribution in [-0.2, 0) is 9.84 Å². The van der Waals surface area contributed by atoms with Crippen molar-refractivity contribution in [1.29, 1.82) is 0 Å². The van der Waals surface area contributed by atoms with E-state index < -0.39 is 9.84 Å². The fourth-order valence-corrected chi connectivity index (χ4v) is 5.86. The molecule has 2 heterocycles. The molecule has 6 nitrogen and oxygen atoms in total. The molecule has 1 fully saturated rings. The van der Waals surface area contributed by atoms with E-state index in [1.807, 2.05) is 38.1 Å². The first kappa shape index (κ1) is 22.2. The molecule has 1 saturated heterocycles. The molecule has 1 aromatic heterocycles. The Kier molecular flexibility index (Phi) is 6.15. The maximum atomic E-state index is 13.7. The number of carbonyl (C=O) groups is 1. The maximum absolute atomic E-state index is 13.7. The van der Waals surface area contributed by atoms with Crippen molar-refractivity contribution in [3.63, 3.8) is 0 Å². The van der Waals surface area contributed by atoms with Gasteiger partial charge in [-0.05, 0) is 50.1 Å². The number of hydrogen-bond donors (Lipinski definition) is 0. The summed E-state index contributed by atoms with van der Waals surface area (Å²) in [5, 5.41) is 4.67. The number of rotatable bonds is 6. The molecular formula is C24H26FN3O3S. The molecule has 1 atom stereocenters. The second kappa shape index (κ2) is 8.86. The third-order valence-electron chi connectivity index (χ3n) is 5.70. The lowest BCUT2D eigenvalue weighted by molar-refractivity contribution is 0.0698. The summed E-state index contributed by atoms with van der Waals surface area (Å²) >= 11 is 0. The first-order valence-corrected chi connectivity index (χ1v) is 12.5. The van der Waals surface area contributed by atoms with E-state index in [-0.39, 0.29) is 29.3 Å². The number of aromatic nitrogens is 2. The van der Waals surface area contributed by atoms with E-state index >= 15 is 0 Å². The van der Waals surface area contributed by atoms with Gasteiger partial charge < -0.3 is 4.90 Å². The molecule has 1 amide bonds. The van der Waals surface area contributed by atoms with Gasteiger partial charge >= 0.3 is 0 Å². The molecule has 0 saturated carbocycles. The average Bonchev–Trinajstić information content (AvgIpc) is 3.36. The van der Waals surface area contributed by atoms with Gasteiger partial charge in [0.25, 0.3) is 5.91 Å². The zero-order valence-electron chi connectivity index (χ0n) is 18.2. The van der Waals surface area contributed by atoms with Crippen LogP contribution < -0.4 is 0 Å². The summed E-state index contributed by atoms with van der Waals surface area (Å²) in [6, 6.07) is 13.3. The van der Waals surface area contributed by atoms with Crippen molar-refractivity contribution in [1.82, 2.24) is 14.7 Å². The number of amides is 1. The van der Waals surface area contributed by atoms with Crippen LogP contribution in [0.1, 0.15) is 35.7 Å². The zero-order valence-corrected chi connectivity index (χ0v) is 19.0. The van der Waals surface area contributed by atoms with Crippen molar-refractivity contribution in [2.75, 3.05) is 18.1 Å². The Hall–Kier alpha value is -3.00. The van der Waals surface area contributed by atoms with E-state index in [9.17, 15) is 17.6 Å². The smallest absolute Gasteiger partial charge is 0.257 e. The van der Waals surface area contributed by atoms with Gasteiger partial charge in [-0.15, -0.1) is 0 Å². The van der Waals surface area contributed by atoms with E-state index in [0.29, 0.717) is 36.3 Å². The van der Waals surface area contributed by atoms with Crippen molar-refractivity contribution < 1.29 is 17.6 Å². The van der Waals surface area contributed by atoms with Crippen LogP contribution >= 0.6 is 0 Å². The van der Waals surface area contributed by atoms with Crippen LogP contribution in [0.15, 0.2) is 54.7 Å². The maximum Gasteiger partial charge on any atom is 0.257 e. The number of halogens is 1. The van der Waals surface area contributed by atoms with E-state index in [1.165, 1.54) is 12.1 Å². The SMILES string of the molecule is CCCN(C(=O)c1cn(-c2ccc(F)cc2)nc1-c1cccc(C)c1)C1CCS(=O)(=O)C1. The fourth-order valence-electron chi connectivity index (χ4n) is 4.13. The number of benzene rings is 2. The number of hydrogen-bond acceptors (Lipinski definition) is 4. The molecular weight excluding hydrogens is 429 g/mol. The summed E-state index contributed by atoms with van der Waals surface area (Å²) in [4.78, 5) is 15.4. The summed E-state index contributed by atoms with van der Waals surface area (Å²) in [7, 11) is -3.13. The number of sulfone groups is 1. The average molecular weight is 456 g/mol. The van der Waals surface area contributed by atoms with Gasteiger partial charge in [0.1, 0.15) is 11.5 Å². The highest BCUT2D eigenvalue weighted by molar-refractivity contribution is 7.91. The van der Waals surface area contributed by atoms with Gasteiger partial charge in [-0.2, -0.15) is 5.10 Å². The van der Waals surface area contributed by atoms with Crippen LogP contribution in [0.3, 0.4) is 0 Å². The molecule has 8 heteroatoms. The molecule has 1 aliphatic rings. The first-order chi connectivity index (χ1) is 15.3. The molecule has 32 heavy (non-hydrogen) atoms. The van der Waals surface area contributed by atoms with Crippen molar-refractivity contribution >= 4 is 15.7 Å². The quantitative estimate of drug-likeness (QED) is 0.563. The Balaban J connectivity index is 1.79. The fraction of sp³-hybridized carbons (Fsp3) is 0.333. The minimum Gasteiger partial charge on any atom is -0.335 e. The highest BCUT2D eigenvalue weighted by Crippen LogP contribution is 2.28. The van der Waals surface area contributed by atoms with Crippen LogP contribution in [0, 0.1) is 12.7 Å². The second-order valence-corrected chi connectivity index (χ2v) is 10.5. The highest BCUT2D eigenvalue weighted by atomic mass is 32.2. The largest absolute Gasteiger partial charge is 0.335 e. The highest BCUT2D eigenvalue weighted by Gasteiger charge is 2.36. The molecule has 0 bridgehead atoms. The normalized spacial score (nSPS) is 17.4. The molecule has 0 N–H and O–H groups in total. The third kappa shape index (κ3) is 4.60. The van der Waals surface area contributed by atoms with Crippen LogP contribution in [0.4, 0.5) is 4.39 Å². The molecule has 0 radical (unpaired) electrons. The second-order valence-electron chi connectivity index (χ2n) is 8.24. The Bertz CT molecular complexity index is 1240. The van der Waals surface area contributed by atoms with Crippen molar-refractivity contribution in [2.24, 2.45) is 0 Å². The Morgan fingerprint density at radius 3 is 2.59 bits per heavy atom. The van der Waals surface area contributed by atoms with E-state index in [4.69, 9.17) is 0 Å².